The molecule has 0 atom stereocenters. The second kappa shape index (κ2) is 5.70. The van der Waals surface area contributed by atoms with Gasteiger partial charge in [0.25, 0.3) is 0 Å². The highest BCUT2D eigenvalue weighted by Gasteiger charge is 2.19. The van der Waals surface area contributed by atoms with Gasteiger partial charge in [-0.1, -0.05) is 46.4 Å². The fourth-order valence-electron chi connectivity index (χ4n) is 1.57. The molecule has 0 aromatic heterocycles. The van der Waals surface area contributed by atoms with Crippen molar-refractivity contribution >= 4 is 52.2 Å². The van der Waals surface area contributed by atoms with Crippen LogP contribution in [0.25, 0.3) is 0 Å². The van der Waals surface area contributed by atoms with E-state index in [9.17, 15) is 15.0 Å². The molecule has 0 saturated heterocycles. The summed E-state index contributed by atoms with van der Waals surface area (Å²) in [7, 11) is 0. The highest BCUT2D eigenvalue weighted by atomic mass is 35.5. The fourth-order valence-corrected chi connectivity index (χ4v) is 2.38. The van der Waals surface area contributed by atoms with Gasteiger partial charge in [-0.05, 0) is 12.1 Å². The highest BCUT2D eigenvalue weighted by molar-refractivity contribution is 6.40. The number of benzene rings is 2. The number of rotatable bonds is 2. The zero-order valence-corrected chi connectivity index (χ0v) is 12.6. The Labute approximate surface area is 134 Å². The maximum absolute atomic E-state index is 12.4. The summed E-state index contributed by atoms with van der Waals surface area (Å²) in [6.45, 7) is 0. The Balaban J connectivity index is 2.57. The predicted molar refractivity (Wildman–Crippen MR) is 79.7 cm³/mol. The molecule has 0 spiro atoms. The lowest BCUT2D eigenvalue weighted by Gasteiger charge is -2.08. The normalized spacial score (nSPS) is 10.6. The smallest absolute Gasteiger partial charge is 0.196 e. The lowest BCUT2D eigenvalue weighted by Crippen LogP contribution is -2.03. The summed E-state index contributed by atoms with van der Waals surface area (Å²) in [5, 5.41) is 18.8. The Hall–Kier alpha value is -1.13. The minimum atomic E-state index is -0.524. The second-order valence-electron chi connectivity index (χ2n) is 3.90. The van der Waals surface area contributed by atoms with Crippen LogP contribution in [0.2, 0.25) is 20.1 Å². The van der Waals surface area contributed by atoms with Crippen molar-refractivity contribution in [2.45, 2.75) is 0 Å². The summed E-state index contributed by atoms with van der Waals surface area (Å²) in [5.74, 6) is -0.991. The van der Waals surface area contributed by atoms with Gasteiger partial charge in [0.2, 0.25) is 0 Å². The van der Waals surface area contributed by atoms with E-state index in [0.717, 1.165) is 12.1 Å². The molecule has 0 fully saturated rings. The van der Waals surface area contributed by atoms with Crippen LogP contribution in [0.1, 0.15) is 15.9 Å². The maximum Gasteiger partial charge on any atom is 0.196 e. The molecule has 0 heterocycles. The lowest BCUT2D eigenvalue weighted by molar-refractivity contribution is 0.103. The molecule has 0 amide bonds. The zero-order chi connectivity index (χ0) is 15.0. The molecule has 20 heavy (non-hydrogen) atoms. The van der Waals surface area contributed by atoms with Crippen molar-refractivity contribution in [1.82, 2.24) is 0 Å². The summed E-state index contributed by atoms with van der Waals surface area (Å²) >= 11 is 23.3. The molecule has 0 unspecified atom stereocenters. The zero-order valence-electron chi connectivity index (χ0n) is 9.62. The standard InChI is InChI=1S/C13H6Cl4O3/c14-7-3-11(18)9(16)1-5(7)13(20)6-2-10(17)12(19)4-8(6)15/h1-4,18-19H. The first-order valence-electron chi connectivity index (χ1n) is 5.22. The van der Waals surface area contributed by atoms with Crippen LogP contribution in [-0.2, 0) is 0 Å². The third-order valence-corrected chi connectivity index (χ3v) is 3.79. The van der Waals surface area contributed by atoms with Crippen LogP contribution in [0.15, 0.2) is 24.3 Å². The highest BCUT2D eigenvalue weighted by Crippen LogP contribution is 2.35. The Morgan fingerprint density at radius 2 is 1.05 bits per heavy atom. The van der Waals surface area contributed by atoms with Gasteiger partial charge in [-0.25, -0.2) is 0 Å². The summed E-state index contributed by atoms with van der Waals surface area (Å²) in [4.78, 5) is 12.4. The Morgan fingerprint density at radius 1 is 0.700 bits per heavy atom. The summed E-state index contributed by atoms with van der Waals surface area (Å²) in [6, 6.07) is 4.79. The molecule has 3 nitrogen and oxygen atoms in total. The van der Waals surface area contributed by atoms with Crippen molar-refractivity contribution in [2.75, 3.05) is 0 Å². The largest absolute Gasteiger partial charge is 0.506 e. The van der Waals surface area contributed by atoms with Crippen LogP contribution < -0.4 is 0 Å². The van der Waals surface area contributed by atoms with E-state index in [1.54, 1.807) is 0 Å². The van der Waals surface area contributed by atoms with E-state index < -0.39 is 5.78 Å². The molecule has 0 aliphatic rings. The van der Waals surface area contributed by atoms with Crippen LogP contribution in [-0.4, -0.2) is 16.0 Å². The third kappa shape index (κ3) is 2.81. The molecule has 0 radical (unpaired) electrons. The van der Waals surface area contributed by atoms with Gasteiger partial charge in [0, 0.05) is 23.3 Å². The van der Waals surface area contributed by atoms with E-state index in [0.29, 0.717) is 0 Å². The van der Waals surface area contributed by atoms with Crippen LogP contribution in [0.5, 0.6) is 11.5 Å². The molecule has 0 aliphatic carbocycles. The molecular formula is C13H6Cl4O3. The van der Waals surface area contributed by atoms with Gasteiger partial charge in [0.05, 0.1) is 20.1 Å². The first kappa shape index (κ1) is 15.3. The van der Waals surface area contributed by atoms with Crippen molar-refractivity contribution in [1.29, 1.82) is 0 Å². The minimum absolute atomic E-state index is 0.0150. The molecule has 7 heteroatoms. The summed E-state index contributed by atoms with van der Waals surface area (Å²) in [6.07, 6.45) is 0. The molecule has 0 aliphatic heterocycles. The SMILES string of the molecule is O=C(c1cc(Cl)c(O)cc1Cl)c1cc(Cl)c(O)cc1Cl. The van der Waals surface area contributed by atoms with Crippen molar-refractivity contribution in [3.05, 3.63) is 55.5 Å². The first-order chi connectivity index (χ1) is 9.31. The average Bonchev–Trinajstić information content (AvgIpc) is 2.37. The molecule has 0 bridgehead atoms. The van der Waals surface area contributed by atoms with E-state index in [2.05, 4.69) is 0 Å². The Kier molecular flexibility index (Phi) is 4.35. The van der Waals surface area contributed by atoms with Crippen LogP contribution >= 0.6 is 46.4 Å². The summed E-state index contributed by atoms with van der Waals surface area (Å²) in [5.41, 5.74) is 0.135. The van der Waals surface area contributed by atoms with Crippen molar-refractivity contribution < 1.29 is 15.0 Å². The van der Waals surface area contributed by atoms with Crippen LogP contribution in [0.4, 0.5) is 0 Å². The summed E-state index contributed by atoms with van der Waals surface area (Å²) < 4.78 is 0. The number of ketones is 1. The molecule has 2 rings (SSSR count). The Bertz CT molecular complexity index is 654. The van der Waals surface area contributed by atoms with E-state index in [4.69, 9.17) is 46.4 Å². The van der Waals surface area contributed by atoms with Crippen molar-refractivity contribution in [2.24, 2.45) is 0 Å². The van der Waals surface area contributed by atoms with Crippen LogP contribution in [0.3, 0.4) is 0 Å². The van der Waals surface area contributed by atoms with Gasteiger partial charge in [-0.2, -0.15) is 0 Å². The van der Waals surface area contributed by atoms with Gasteiger partial charge < -0.3 is 10.2 Å². The monoisotopic (exact) mass is 350 g/mol. The Morgan fingerprint density at radius 3 is 1.40 bits per heavy atom. The first-order valence-corrected chi connectivity index (χ1v) is 6.73. The van der Waals surface area contributed by atoms with Crippen molar-refractivity contribution in [3.63, 3.8) is 0 Å². The fraction of sp³-hybridized carbons (Fsp3) is 0. The van der Waals surface area contributed by atoms with E-state index >= 15 is 0 Å². The molecule has 104 valence electrons. The van der Waals surface area contributed by atoms with E-state index in [-0.39, 0.29) is 42.7 Å². The number of hydrogen-bond donors (Lipinski definition) is 2. The average molecular weight is 352 g/mol. The third-order valence-electron chi connectivity index (χ3n) is 2.56. The van der Waals surface area contributed by atoms with Gasteiger partial charge in [0.15, 0.2) is 5.78 Å². The van der Waals surface area contributed by atoms with E-state index in [1.807, 2.05) is 0 Å². The molecular weight excluding hydrogens is 346 g/mol. The number of phenolic OH excluding ortho intramolecular Hbond substituents is 2. The molecule has 0 saturated carbocycles. The number of phenols is 2. The quantitative estimate of drug-likeness (QED) is 0.753. The number of carbonyl (C=O) groups excluding carboxylic acids is 1. The molecule has 2 aromatic carbocycles. The van der Waals surface area contributed by atoms with Gasteiger partial charge >= 0.3 is 0 Å². The topological polar surface area (TPSA) is 57.5 Å². The van der Waals surface area contributed by atoms with Gasteiger partial charge in [-0.15, -0.1) is 0 Å². The van der Waals surface area contributed by atoms with Gasteiger partial charge in [0.1, 0.15) is 11.5 Å². The minimum Gasteiger partial charge on any atom is -0.506 e. The number of aromatic hydroxyl groups is 2. The van der Waals surface area contributed by atoms with E-state index in [1.165, 1.54) is 12.1 Å². The van der Waals surface area contributed by atoms with Crippen molar-refractivity contribution in [3.8, 4) is 11.5 Å². The molecule has 2 aromatic rings. The maximum atomic E-state index is 12.4. The number of halogens is 4. The predicted octanol–water partition coefficient (Wildman–Crippen LogP) is 4.94. The van der Waals surface area contributed by atoms with Crippen LogP contribution in [0, 0.1) is 0 Å². The molecule has 2 N–H and O–H groups in total. The number of hydrogen-bond acceptors (Lipinski definition) is 3. The van der Waals surface area contributed by atoms with Gasteiger partial charge in [-0.3, -0.25) is 4.79 Å². The number of carbonyl (C=O) groups is 1. The second-order valence-corrected chi connectivity index (χ2v) is 5.52. The lowest BCUT2D eigenvalue weighted by atomic mass is 10.0.